The Kier molecular flexibility index (Phi) is 6.68. The van der Waals surface area contributed by atoms with Gasteiger partial charge in [-0.15, -0.1) is 11.3 Å². The smallest absolute Gasteiger partial charge is 0.188 e. The quantitative estimate of drug-likeness (QED) is 0.557. The zero-order valence-electron chi connectivity index (χ0n) is 16.9. The van der Waals surface area contributed by atoms with E-state index in [9.17, 15) is 4.79 Å². The molecule has 8 heteroatoms. The average Bonchev–Trinajstić information content (AvgIpc) is 3.24. The Morgan fingerprint density at radius 1 is 1.17 bits per heavy atom. The lowest BCUT2D eigenvalue weighted by atomic mass is 10.2. The second-order valence-corrected chi connectivity index (χ2v) is 8.11. The molecule has 1 N–H and O–H groups in total. The number of benzene rings is 1. The standard InChI is InChI=1S/C22H25N5O2S/c1-26-10-12-27(13-11-26)19(14-28)18-16-30-22(24-18)25-21-20(8-5-9-23-21)29-15-17-6-3-2-4-7-17/h2-9,14,16,19H,10-13,15H2,1H3,(H,23,24,25). The molecule has 0 saturated carbocycles. The van der Waals surface area contributed by atoms with Gasteiger partial charge in [-0.2, -0.15) is 0 Å². The van der Waals surface area contributed by atoms with E-state index in [1.165, 1.54) is 11.3 Å². The molecule has 1 atom stereocenters. The molecule has 4 rings (SSSR count). The molecular weight excluding hydrogens is 398 g/mol. The van der Waals surface area contributed by atoms with Crippen molar-refractivity contribution in [2.45, 2.75) is 12.6 Å². The summed E-state index contributed by atoms with van der Waals surface area (Å²) in [4.78, 5) is 25.3. The summed E-state index contributed by atoms with van der Waals surface area (Å²) < 4.78 is 5.96. The number of rotatable bonds is 8. The summed E-state index contributed by atoms with van der Waals surface area (Å²) in [6.45, 7) is 4.09. The van der Waals surface area contributed by atoms with Crippen LogP contribution in [-0.2, 0) is 11.4 Å². The highest BCUT2D eigenvalue weighted by Gasteiger charge is 2.25. The van der Waals surface area contributed by atoms with Crippen LogP contribution in [0.25, 0.3) is 0 Å². The van der Waals surface area contributed by atoms with Gasteiger partial charge in [0.1, 0.15) is 18.9 Å². The average molecular weight is 424 g/mol. The predicted molar refractivity (Wildman–Crippen MR) is 118 cm³/mol. The fraction of sp³-hybridized carbons (Fsp3) is 0.318. The maximum absolute atomic E-state index is 11.8. The number of ether oxygens (including phenoxy) is 1. The number of piperazine rings is 1. The number of hydrogen-bond donors (Lipinski definition) is 1. The minimum absolute atomic E-state index is 0.317. The molecule has 7 nitrogen and oxygen atoms in total. The van der Waals surface area contributed by atoms with E-state index in [2.05, 4.69) is 32.1 Å². The van der Waals surface area contributed by atoms with Gasteiger partial charge in [-0.1, -0.05) is 30.3 Å². The summed E-state index contributed by atoms with van der Waals surface area (Å²) in [5.41, 5.74) is 1.86. The highest BCUT2D eigenvalue weighted by Crippen LogP contribution is 2.30. The Labute approximate surface area is 180 Å². The van der Waals surface area contributed by atoms with Gasteiger partial charge in [0.2, 0.25) is 0 Å². The molecule has 30 heavy (non-hydrogen) atoms. The molecule has 1 aromatic carbocycles. The molecule has 2 aromatic heterocycles. The summed E-state index contributed by atoms with van der Waals surface area (Å²) in [5, 5.41) is 5.87. The number of thiazole rings is 1. The highest BCUT2D eigenvalue weighted by atomic mass is 32.1. The van der Waals surface area contributed by atoms with Gasteiger partial charge in [0.25, 0.3) is 0 Å². The Morgan fingerprint density at radius 3 is 2.73 bits per heavy atom. The highest BCUT2D eigenvalue weighted by molar-refractivity contribution is 7.13. The SMILES string of the molecule is CN1CCN(C(C=O)c2csc(Nc3ncccc3OCc3ccccc3)n2)CC1. The van der Waals surface area contributed by atoms with Gasteiger partial charge in [-0.05, 0) is 24.7 Å². The number of anilines is 2. The normalized spacial score (nSPS) is 16.2. The van der Waals surface area contributed by atoms with E-state index in [1.807, 2.05) is 47.8 Å². The molecule has 1 aliphatic rings. The van der Waals surface area contributed by atoms with Crippen LogP contribution < -0.4 is 10.1 Å². The summed E-state index contributed by atoms with van der Waals surface area (Å²) in [7, 11) is 2.10. The molecule has 1 fully saturated rings. The number of carbonyl (C=O) groups excluding carboxylic acids is 1. The van der Waals surface area contributed by atoms with E-state index < -0.39 is 0 Å². The van der Waals surface area contributed by atoms with Gasteiger partial charge in [0, 0.05) is 37.8 Å². The van der Waals surface area contributed by atoms with Crippen LogP contribution in [-0.4, -0.2) is 59.3 Å². The lowest BCUT2D eigenvalue weighted by Crippen LogP contribution is -2.46. The summed E-state index contributed by atoms with van der Waals surface area (Å²) >= 11 is 1.46. The third kappa shape index (κ3) is 5.02. The first-order valence-corrected chi connectivity index (χ1v) is 10.8. The van der Waals surface area contributed by atoms with Gasteiger partial charge in [-0.25, -0.2) is 9.97 Å². The van der Waals surface area contributed by atoms with E-state index in [0.29, 0.717) is 23.3 Å². The minimum atomic E-state index is -0.317. The van der Waals surface area contributed by atoms with Crippen molar-refractivity contribution in [1.29, 1.82) is 0 Å². The lowest BCUT2D eigenvalue weighted by Gasteiger charge is -2.35. The molecular formula is C22H25N5O2S. The number of pyridine rings is 1. The number of aromatic nitrogens is 2. The third-order valence-electron chi connectivity index (χ3n) is 5.12. The largest absolute Gasteiger partial charge is 0.485 e. The number of likely N-dealkylation sites (N-methyl/N-ethyl adjacent to an activating group) is 1. The van der Waals surface area contributed by atoms with E-state index in [0.717, 1.165) is 43.7 Å². The van der Waals surface area contributed by atoms with E-state index >= 15 is 0 Å². The zero-order valence-corrected chi connectivity index (χ0v) is 17.7. The number of nitrogens with one attached hydrogen (secondary N) is 1. The van der Waals surface area contributed by atoms with Gasteiger partial charge >= 0.3 is 0 Å². The van der Waals surface area contributed by atoms with Crippen molar-refractivity contribution < 1.29 is 9.53 Å². The van der Waals surface area contributed by atoms with Crippen LogP contribution in [0.2, 0.25) is 0 Å². The first-order valence-electron chi connectivity index (χ1n) is 9.95. The topological polar surface area (TPSA) is 70.6 Å². The van der Waals surface area contributed by atoms with Crippen LogP contribution in [0.15, 0.2) is 54.0 Å². The number of carbonyl (C=O) groups is 1. The van der Waals surface area contributed by atoms with Crippen LogP contribution in [0, 0.1) is 0 Å². The van der Waals surface area contributed by atoms with E-state index in [4.69, 9.17) is 4.74 Å². The van der Waals surface area contributed by atoms with Crippen LogP contribution in [0.5, 0.6) is 5.75 Å². The second kappa shape index (κ2) is 9.80. The van der Waals surface area contributed by atoms with Crippen molar-refractivity contribution in [3.63, 3.8) is 0 Å². The predicted octanol–water partition coefficient (Wildman–Crippen LogP) is 3.35. The second-order valence-electron chi connectivity index (χ2n) is 7.25. The molecule has 0 bridgehead atoms. The zero-order chi connectivity index (χ0) is 20.8. The molecule has 0 radical (unpaired) electrons. The minimum Gasteiger partial charge on any atom is -0.485 e. The molecule has 0 spiro atoms. The molecule has 0 aliphatic carbocycles. The molecule has 3 aromatic rings. The molecule has 1 saturated heterocycles. The van der Waals surface area contributed by atoms with E-state index in [-0.39, 0.29) is 6.04 Å². The molecule has 156 valence electrons. The fourth-order valence-electron chi connectivity index (χ4n) is 3.36. The first kappa shape index (κ1) is 20.5. The van der Waals surface area contributed by atoms with Crippen molar-refractivity contribution in [2.24, 2.45) is 0 Å². The fourth-order valence-corrected chi connectivity index (χ4v) is 4.10. The summed E-state index contributed by atoms with van der Waals surface area (Å²) in [6.07, 6.45) is 2.70. The third-order valence-corrected chi connectivity index (χ3v) is 5.89. The molecule has 1 aliphatic heterocycles. The van der Waals surface area contributed by atoms with Crippen molar-refractivity contribution in [2.75, 3.05) is 38.5 Å². The van der Waals surface area contributed by atoms with Crippen LogP contribution >= 0.6 is 11.3 Å². The summed E-state index contributed by atoms with van der Waals surface area (Å²) in [6, 6.07) is 13.4. The number of nitrogens with zero attached hydrogens (tertiary/aromatic N) is 4. The summed E-state index contributed by atoms with van der Waals surface area (Å²) in [5.74, 6) is 1.26. The number of hydrogen-bond acceptors (Lipinski definition) is 8. The van der Waals surface area contributed by atoms with Crippen molar-refractivity contribution in [1.82, 2.24) is 19.8 Å². The molecule has 3 heterocycles. The molecule has 1 unspecified atom stereocenters. The van der Waals surface area contributed by atoms with Gasteiger partial charge in [0.15, 0.2) is 16.7 Å². The first-order chi connectivity index (χ1) is 14.7. The van der Waals surface area contributed by atoms with Crippen LogP contribution in [0.3, 0.4) is 0 Å². The Balaban J connectivity index is 1.44. The van der Waals surface area contributed by atoms with Crippen molar-refractivity contribution in [3.8, 4) is 5.75 Å². The monoisotopic (exact) mass is 423 g/mol. The van der Waals surface area contributed by atoms with Gasteiger partial charge < -0.3 is 19.7 Å². The maximum Gasteiger partial charge on any atom is 0.188 e. The maximum atomic E-state index is 11.8. The lowest BCUT2D eigenvalue weighted by molar-refractivity contribution is -0.113. The molecule has 0 amide bonds. The Hall–Kier alpha value is -2.81. The Morgan fingerprint density at radius 2 is 1.97 bits per heavy atom. The number of aldehydes is 1. The van der Waals surface area contributed by atoms with E-state index in [1.54, 1.807) is 6.20 Å². The van der Waals surface area contributed by atoms with Gasteiger partial charge in [-0.3, -0.25) is 4.90 Å². The van der Waals surface area contributed by atoms with Crippen LogP contribution in [0.1, 0.15) is 17.3 Å². The van der Waals surface area contributed by atoms with Crippen molar-refractivity contribution >= 4 is 28.6 Å². The van der Waals surface area contributed by atoms with Gasteiger partial charge in [0.05, 0.1) is 5.69 Å². The van der Waals surface area contributed by atoms with Crippen molar-refractivity contribution in [3.05, 3.63) is 65.3 Å². The Bertz CT molecular complexity index is 957. The van der Waals surface area contributed by atoms with Crippen LogP contribution in [0.4, 0.5) is 10.9 Å².